The minimum atomic E-state index is -0.572. The highest BCUT2D eigenvalue weighted by molar-refractivity contribution is 5.95. The van der Waals surface area contributed by atoms with Gasteiger partial charge in [0.05, 0.1) is 18.7 Å². The molecular formula is C21H23ClN2O6. The lowest BCUT2D eigenvalue weighted by Gasteiger charge is -2.06. The summed E-state index contributed by atoms with van der Waals surface area (Å²) in [7, 11) is 0. The number of halogens is 1. The molecule has 1 aromatic heterocycles. The van der Waals surface area contributed by atoms with Gasteiger partial charge in [-0.2, -0.15) is 4.57 Å². The lowest BCUT2D eigenvalue weighted by molar-refractivity contribution is -0.684. The largest absolute Gasteiger partial charge is 1.00 e. The van der Waals surface area contributed by atoms with Gasteiger partial charge in [-0.1, -0.05) is 18.2 Å². The maximum atomic E-state index is 12.2. The normalized spacial score (nSPS) is 9.77. The first-order chi connectivity index (χ1) is 14.0. The Kier molecular flexibility index (Phi) is 10.8. The lowest BCUT2D eigenvalue weighted by Crippen LogP contribution is -3.00. The van der Waals surface area contributed by atoms with Crippen molar-refractivity contribution in [3.05, 3.63) is 66.0 Å². The summed E-state index contributed by atoms with van der Waals surface area (Å²) in [5, 5.41) is 2.65. The molecule has 0 atom stereocenters. The fourth-order valence-corrected chi connectivity index (χ4v) is 2.46. The number of hydrogen-bond donors (Lipinski definition) is 1. The highest BCUT2D eigenvalue weighted by Crippen LogP contribution is 2.01. The molecule has 0 spiro atoms. The van der Waals surface area contributed by atoms with Crippen molar-refractivity contribution in [2.45, 2.75) is 19.9 Å². The number of ketones is 1. The maximum absolute atomic E-state index is 12.2. The number of aromatic nitrogens is 1. The summed E-state index contributed by atoms with van der Waals surface area (Å²) in [6.45, 7) is 2.02. The van der Waals surface area contributed by atoms with E-state index >= 15 is 0 Å². The molecule has 2 rings (SSSR count). The lowest BCUT2D eigenvalue weighted by atomic mass is 10.2. The number of benzene rings is 1. The average molecular weight is 435 g/mol. The van der Waals surface area contributed by atoms with Crippen LogP contribution in [0, 0.1) is 0 Å². The number of esters is 2. The highest BCUT2D eigenvalue weighted by Gasteiger charge is 2.17. The second-order valence-corrected chi connectivity index (χ2v) is 6.04. The predicted octanol–water partition coefficient (Wildman–Crippen LogP) is -1.91. The van der Waals surface area contributed by atoms with E-state index in [9.17, 15) is 19.2 Å². The van der Waals surface area contributed by atoms with Crippen molar-refractivity contribution < 1.29 is 45.6 Å². The van der Waals surface area contributed by atoms with Crippen molar-refractivity contribution in [1.29, 1.82) is 0 Å². The van der Waals surface area contributed by atoms with E-state index < -0.39 is 11.9 Å². The molecule has 2 aromatic rings. The number of amides is 1. The van der Waals surface area contributed by atoms with Gasteiger partial charge in [-0.3, -0.25) is 14.4 Å². The van der Waals surface area contributed by atoms with Gasteiger partial charge in [0.2, 0.25) is 12.3 Å². The third-order valence-electron chi connectivity index (χ3n) is 3.76. The molecule has 0 bridgehead atoms. The number of hydrogen-bond acceptors (Lipinski definition) is 6. The number of pyridine rings is 1. The summed E-state index contributed by atoms with van der Waals surface area (Å²) in [6, 6.07) is 11.8. The molecule has 0 aliphatic heterocycles. The Morgan fingerprint density at radius 1 is 0.967 bits per heavy atom. The van der Waals surface area contributed by atoms with Gasteiger partial charge in [-0.15, -0.1) is 0 Å². The fraction of sp³-hybridized carbons (Fsp3) is 0.286. The van der Waals surface area contributed by atoms with E-state index in [4.69, 9.17) is 9.47 Å². The molecule has 0 fully saturated rings. The first-order valence-electron chi connectivity index (χ1n) is 9.16. The number of nitrogens with one attached hydrogen (secondary N) is 1. The minimum absolute atomic E-state index is 0. The number of ether oxygens (including phenoxy) is 2. The molecule has 1 N–H and O–H groups in total. The number of carbonyl (C=O) groups excluding carboxylic acids is 4. The van der Waals surface area contributed by atoms with Gasteiger partial charge in [0.1, 0.15) is 18.6 Å². The Hall–Kier alpha value is -3.26. The maximum Gasteiger partial charge on any atom is 0.338 e. The van der Waals surface area contributed by atoms with Crippen LogP contribution in [0.2, 0.25) is 0 Å². The summed E-state index contributed by atoms with van der Waals surface area (Å²) < 4.78 is 11.4. The zero-order valence-electron chi connectivity index (χ0n) is 16.5. The van der Waals surface area contributed by atoms with Crippen LogP contribution >= 0.6 is 0 Å². The van der Waals surface area contributed by atoms with Crippen LogP contribution < -0.4 is 22.3 Å². The molecule has 8 nitrogen and oxygen atoms in total. The van der Waals surface area contributed by atoms with Gasteiger partial charge < -0.3 is 27.2 Å². The zero-order valence-corrected chi connectivity index (χ0v) is 17.3. The van der Waals surface area contributed by atoms with Gasteiger partial charge in [0.25, 0.3) is 5.91 Å². The fourth-order valence-electron chi connectivity index (χ4n) is 2.46. The van der Waals surface area contributed by atoms with Crippen molar-refractivity contribution in [3.8, 4) is 0 Å². The number of rotatable bonds is 10. The van der Waals surface area contributed by atoms with Crippen molar-refractivity contribution in [3.63, 3.8) is 0 Å². The van der Waals surface area contributed by atoms with Gasteiger partial charge in [0.15, 0.2) is 12.4 Å². The van der Waals surface area contributed by atoms with E-state index in [1.54, 1.807) is 55.6 Å². The first kappa shape index (κ1) is 24.8. The molecule has 160 valence electrons. The van der Waals surface area contributed by atoms with Gasteiger partial charge in [-0.05, 0) is 25.1 Å². The van der Waals surface area contributed by atoms with Crippen LogP contribution in [-0.2, 0) is 25.6 Å². The van der Waals surface area contributed by atoms with E-state index in [1.165, 1.54) is 10.8 Å². The van der Waals surface area contributed by atoms with Crippen LogP contribution in [0.15, 0.2) is 54.9 Å². The summed E-state index contributed by atoms with van der Waals surface area (Å²) >= 11 is 0. The standard InChI is InChI=1S/C21H22N2O6.ClH/c1-2-28-19(25)13-18(24)15-23-11-6-9-17(14-23)20(26)22-10-12-29-21(27)16-7-4-3-5-8-16;/h3-9,11,14H,2,10,12-13,15H2,1H3;1H. The molecule has 1 heterocycles. The smallest absolute Gasteiger partial charge is 0.338 e. The second kappa shape index (κ2) is 13.1. The molecule has 0 saturated carbocycles. The second-order valence-electron chi connectivity index (χ2n) is 6.04. The van der Waals surface area contributed by atoms with Crippen LogP contribution in [0.5, 0.6) is 0 Å². The summed E-state index contributed by atoms with van der Waals surface area (Å²) in [4.78, 5) is 47.3. The van der Waals surface area contributed by atoms with Crippen LogP contribution in [0.4, 0.5) is 0 Å². The van der Waals surface area contributed by atoms with E-state index in [-0.39, 0.29) is 56.8 Å². The Morgan fingerprint density at radius 3 is 2.37 bits per heavy atom. The van der Waals surface area contributed by atoms with E-state index in [0.717, 1.165) is 0 Å². The van der Waals surface area contributed by atoms with Gasteiger partial charge in [-0.25, -0.2) is 4.79 Å². The van der Waals surface area contributed by atoms with Crippen LogP contribution in [0.1, 0.15) is 34.1 Å². The Bertz CT molecular complexity index is 873. The molecular weight excluding hydrogens is 412 g/mol. The van der Waals surface area contributed by atoms with Gasteiger partial charge in [0, 0.05) is 6.07 Å². The van der Waals surface area contributed by atoms with Crippen molar-refractivity contribution >= 4 is 23.6 Å². The molecule has 0 aliphatic carbocycles. The number of Topliss-reactive ketones (excluding diaryl/α,β-unsaturated/α-hetero) is 1. The van der Waals surface area contributed by atoms with Crippen LogP contribution in [-0.4, -0.2) is 43.4 Å². The predicted molar refractivity (Wildman–Crippen MR) is 102 cm³/mol. The third-order valence-corrected chi connectivity index (χ3v) is 3.76. The minimum Gasteiger partial charge on any atom is -1.00 e. The summed E-state index contributed by atoms with van der Waals surface area (Å²) in [6.07, 6.45) is 2.82. The highest BCUT2D eigenvalue weighted by atomic mass is 35.5. The monoisotopic (exact) mass is 434 g/mol. The molecule has 0 saturated heterocycles. The summed E-state index contributed by atoms with van der Waals surface area (Å²) in [5.74, 6) is -1.72. The van der Waals surface area contributed by atoms with Crippen LogP contribution in [0.25, 0.3) is 0 Å². The Labute approximate surface area is 180 Å². The zero-order chi connectivity index (χ0) is 21.1. The Balaban J connectivity index is 0.00000450. The van der Waals surface area contributed by atoms with E-state index in [1.807, 2.05) is 0 Å². The molecule has 9 heteroatoms. The number of nitrogens with zero attached hydrogens (tertiary/aromatic N) is 1. The van der Waals surface area contributed by atoms with E-state index in [0.29, 0.717) is 11.1 Å². The average Bonchev–Trinajstić information content (AvgIpc) is 2.71. The quantitative estimate of drug-likeness (QED) is 0.202. The van der Waals surface area contributed by atoms with Crippen LogP contribution in [0.3, 0.4) is 0 Å². The summed E-state index contributed by atoms with van der Waals surface area (Å²) in [5.41, 5.74) is 0.779. The van der Waals surface area contributed by atoms with Crippen molar-refractivity contribution in [1.82, 2.24) is 5.32 Å². The first-order valence-corrected chi connectivity index (χ1v) is 9.16. The molecule has 0 unspecified atom stereocenters. The topological polar surface area (TPSA) is 103 Å². The molecule has 1 aromatic carbocycles. The van der Waals surface area contributed by atoms with Crippen molar-refractivity contribution in [2.24, 2.45) is 0 Å². The van der Waals surface area contributed by atoms with E-state index in [2.05, 4.69) is 5.32 Å². The molecule has 0 radical (unpaired) electrons. The van der Waals surface area contributed by atoms with Gasteiger partial charge >= 0.3 is 11.9 Å². The SMILES string of the molecule is CCOC(=O)CC(=O)C[n+]1cccc(C(=O)NCCOC(=O)c2ccccc2)c1.[Cl-]. The van der Waals surface area contributed by atoms with Crippen molar-refractivity contribution in [2.75, 3.05) is 19.8 Å². The third kappa shape index (κ3) is 8.40. The Morgan fingerprint density at radius 2 is 1.67 bits per heavy atom. The molecule has 0 aliphatic rings. The molecule has 1 amide bonds. The molecule has 30 heavy (non-hydrogen) atoms. The number of carbonyl (C=O) groups is 4.